The molecule has 4 aromatic rings. The van der Waals surface area contributed by atoms with E-state index in [0.29, 0.717) is 35.4 Å². The molecule has 5 nitrogen and oxygen atoms in total. The van der Waals surface area contributed by atoms with E-state index in [1.54, 1.807) is 36.5 Å². The van der Waals surface area contributed by atoms with Crippen molar-refractivity contribution in [2.24, 2.45) is 0 Å². The third-order valence-electron chi connectivity index (χ3n) is 5.60. The number of ether oxygens (including phenoxy) is 1. The van der Waals surface area contributed by atoms with E-state index < -0.39 is 29.0 Å². The number of alkyl halides is 6. The summed E-state index contributed by atoms with van der Waals surface area (Å²) in [6, 6.07) is 9.32. The molecule has 2 aromatic heterocycles. The molecule has 180 valence electrons. The van der Waals surface area contributed by atoms with Crippen molar-refractivity contribution in [1.29, 1.82) is 0 Å². The van der Waals surface area contributed by atoms with Gasteiger partial charge in [-0.15, -0.1) is 0 Å². The molecule has 35 heavy (non-hydrogen) atoms. The minimum absolute atomic E-state index is 0.0431. The standard InChI is InChI=1S/C24H16F6N4O/c1-2-13-6-7-19(31-12-13)34-8-9-35-21-15(4-3-5-18(21)34)22-32-17-11-14(23(25,26)27)10-16(20(17)33-22)24(28,29)30/h2-7,10-12H,1,8-9H2,(H,32,33). The topological polar surface area (TPSA) is 54.0 Å². The number of fused-ring (bicyclic) bond motifs is 2. The van der Waals surface area contributed by atoms with Gasteiger partial charge < -0.3 is 14.6 Å². The molecule has 1 aliphatic heterocycles. The molecule has 2 aromatic carbocycles. The van der Waals surface area contributed by atoms with E-state index in [9.17, 15) is 26.3 Å². The lowest BCUT2D eigenvalue weighted by Crippen LogP contribution is -2.29. The Morgan fingerprint density at radius 1 is 1.03 bits per heavy atom. The van der Waals surface area contributed by atoms with E-state index in [2.05, 4.69) is 21.5 Å². The van der Waals surface area contributed by atoms with Crippen LogP contribution in [0.25, 0.3) is 28.5 Å². The van der Waals surface area contributed by atoms with E-state index >= 15 is 0 Å². The molecular formula is C24H16F6N4O. The maximum atomic E-state index is 13.6. The van der Waals surface area contributed by atoms with Crippen molar-refractivity contribution in [2.45, 2.75) is 12.4 Å². The van der Waals surface area contributed by atoms with Crippen LogP contribution in [0.2, 0.25) is 0 Å². The summed E-state index contributed by atoms with van der Waals surface area (Å²) in [7, 11) is 0. The molecular weight excluding hydrogens is 474 g/mol. The normalized spacial score (nSPS) is 14.1. The molecule has 1 aliphatic rings. The van der Waals surface area contributed by atoms with E-state index in [0.717, 1.165) is 5.56 Å². The highest BCUT2D eigenvalue weighted by Gasteiger charge is 2.39. The molecule has 0 unspecified atom stereocenters. The average molecular weight is 490 g/mol. The molecule has 0 aliphatic carbocycles. The van der Waals surface area contributed by atoms with Crippen molar-refractivity contribution in [3.63, 3.8) is 0 Å². The monoisotopic (exact) mass is 490 g/mol. The number of hydrogen-bond acceptors (Lipinski definition) is 4. The largest absolute Gasteiger partial charge is 0.489 e. The van der Waals surface area contributed by atoms with E-state index in [1.165, 1.54) is 0 Å². The Balaban J connectivity index is 1.65. The van der Waals surface area contributed by atoms with Gasteiger partial charge in [-0.05, 0) is 42.0 Å². The molecule has 0 bridgehead atoms. The predicted octanol–water partition coefficient (Wildman–Crippen LogP) is 6.84. The zero-order valence-electron chi connectivity index (χ0n) is 17.8. The van der Waals surface area contributed by atoms with Gasteiger partial charge >= 0.3 is 12.4 Å². The summed E-state index contributed by atoms with van der Waals surface area (Å²) >= 11 is 0. The van der Waals surface area contributed by atoms with Gasteiger partial charge in [0.05, 0.1) is 34.4 Å². The van der Waals surface area contributed by atoms with E-state index in [-0.39, 0.29) is 24.0 Å². The van der Waals surface area contributed by atoms with Gasteiger partial charge in [0.1, 0.15) is 23.8 Å². The first-order chi connectivity index (χ1) is 16.6. The van der Waals surface area contributed by atoms with Gasteiger partial charge in [0.15, 0.2) is 5.75 Å². The second kappa shape index (κ2) is 8.03. The van der Waals surface area contributed by atoms with Crippen molar-refractivity contribution in [3.05, 3.63) is 71.9 Å². The quantitative estimate of drug-likeness (QED) is 0.320. The van der Waals surface area contributed by atoms with Gasteiger partial charge in [-0.3, -0.25) is 0 Å². The highest BCUT2D eigenvalue weighted by molar-refractivity contribution is 5.87. The number of nitrogens with one attached hydrogen (secondary N) is 1. The predicted molar refractivity (Wildman–Crippen MR) is 118 cm³/mol. The summed E-state index contributed by atoms with van der Waals surface area (Å²) in [5.41, 5.74) is -2.13. The van der Waals surface area contributed by atoms with Crippen molar-refractivity contribution < 1.29 is 31.1 Å². The van der Waals surface area contributed by atoms with E-state index in [4.69, 9.17) is 4.74 Å². The van der Waals surface area contributed by atoms with Crippen LogP contribution < -0.4 is 9.64 Å². The Morgan fingerprint density at radius 3 is 2.49 bits per heavy atom. The number of pyridine rings is 1. The number of H-pyrrole nitrogens is 1. The summed E-state index contributed by atoms with van der Waals surface area (Å²) in [6.45, 7) is 4.41. The zero-order valence-corrected chi connectivity index (χ0v) is 17.8. The van der Waals surface area contributed by atoms with Crippen LogP contribution >= 0.6 is 0 Å². The van der Waals surface area contributed by atoms with Crippen LogP contribution in [-0.4, -0.2) is 28.1 Å². The van der Waals surface area contributed by atoms with Gasteiger partial charge in [0.25, 0.3) is 0 Å². The molecule has 5 rings (SSSR count). The number of para-hydroxylation sites is 1. The molecule has 0 atom stereocenters. The number of rotatable bonds is 3. The fourth-order valence-electron chi connectivity index (χ4n) is 3.98. The maximum absolute atomic E-state index is 13.6. The zero-order chi connectivity index (χ0) is 25.0. The van der Waals surface area contributed by atoms with Gasteiger partial charge in [-0.25, -0.2) is 9.97 Å². The van der Waals surface area contributed by atoms with Crippen molar-refractivity contribution >= 4 is 28.6 Å². The summed E-state index contributed by atoms with van der Waals surface area (Å²) in [6.07, 6.45) is -6.68. The van der Waals surface area contributed by atoms with Crippen molar-refractivity contribution in [2.75, 3.05) is 18.1 Å². The summed E-state index contributed by atoms with van der Waals surface area (Å²) in [5.74, 6) is 0.909. The van der Waals surface area contributed by atoms with Crippen molar-refractivity contribution in [3.8, 4) is 17.1 Å². The van der Waals surface area contributed by atoms with Crippen LogP contribution in [0.4, 0.5) is 37.8 Å². The lowest BCUT2D eigenvalue weighted by Gasteiger charge is -2.31. The highest BCUT2D eigenvalue weighted by atomic mass is 19.4. The lowest BCUT2D eigenvalue weighted by atomic mass is 10.1. The summed E-state index contributed by atoms with van der Waals surface area (Å²) in [4.78, 5) is 13.0. The average Bonchev–Trinajstić information content (AvgIpc) is 3.25. The molecule has 1 N–H and O–H groups in total. The third-order valence-corrected chi connectivity index (χ3v) is 5.60. The van der Waals surface area contributed by atoms with Gasteiger partial charge in [-0.2, -0.15) is 26.3 Å². The van der Waals surface area contributed by atoms with Gasteiger partial charge in [-0.1, -0.05) is 18.7 Å². The number of aromatic nitrogens is 3. The first-order valence-corrected chi connectivity index (χ1v) is 10.4. The number of benzene rings is 2. The molecule has 11 heteroatoms. The fraction of sp³-hybridized carbons (Fsp3) is 0.167. The van der Waals surface area contributed by atoms with Crippen LogP contribution in [0.3, 0.4) is 0 Å². The van der Waals surface area contributed by atoms with Gasteiger partial charge in [0, 0.05) is 6.20 Å². The number of halogens is 6. The molecule has 3 heterocycles. The van der Waals surface area contributed by atoms with Crippen LogP contribution in [0.15, 0.2) is 55.2 Å². The second-order valence-electron chi connectivity index (χ2n) is 7.81. The van der Waals surface area contributed by atoms with Gasteiger partial charge in [0.2, 0.25) is 0 Å². The molecule has 0 amide bonds. The third kappa shape index (κ3) is 4.07. The summed E-state index contributed by atoms with van der Waals surface area (Å²) < 4.78 is 86.4. The Labute approximate surface area is 194 Å². The van der Waals surface area contributed by atoms with Crippen molar-refractivity contribution in [1.82, 2.24) is 15.0 Å². The lowest BCUT2D eigenvalue weighted by molar-refractivity contribution is -0.142. The number of hydrogen-bond donors (Lipinski definition) is 1. The Bertz CT molecular complexity index is 1420. The second-order valence-corrected chi connectivity index (χ2v) is 7.81. The van der Waals surface area contributed by atoms with Crippen LogP contribution in [0, 0.1) is 0 Å². The highest BCUT2D eigenvalue weighted by Crippen LogP contribution is 2.44. The molecule has 0 spiro atoms. The van der Waals surface area contributed by atoms with E-state index in [1.807, 2.05) is 11.0 Å². The minimum atomic E-state index is -5.03. The smallest absolute Gasteiger partial charge is 0.418 e. The molecule has 0 saturated carbocycles. The fourth-order valence-corrected chi connectivity index (χ4v) is 3.98. The Kier molecular flexibility index (Phi) is 5.22. The Morgan fingerprint density at radius 2 is 1.83 bits per heavy atom. The minimum Gasteiger partial charge on any atom is -0.489 e. The first kappa shape index (κ1) is 22.8. The number of nitrogens with zero attached hydrogens (tertiary/aromatic N) is 3. The van der Waals surface area contributed by atoms with Crippen LogP contribution in [-0.2, 0) is 12.4 Å². The first-order valence-electron chi connectivity index (χ1n) is 10.4. The molecule has 0 fully saturated rings. The SMILES string of the molecule is C=Cc1ccc(N2CCOc3c(-c4nc5c(C(F)(F)F)cc(C(F)(F)F)cc5[nH]4)cccc32)nc1. The molecule has 0 radical (unpaired) electrons. The number of imidazole rings is 1. The Hall–Kier alpha value is -4.02. The number of aromatic amines is 1. The maximum Gasteiger partial charge on any atom is 0.418 e. The van der Waals surface area contributed by atoms with Crippen LogP contribution in [0.5, 0.6) is 5.75 Å². The molecule has 0 saturated heterocycles. The summed E-state index contributed by atoms with van der Waals surface area (Å²) in [5, 5.41) is 0. The van der Waals surface area contributed by atoms with Crippen LogP contribution in [0.1, 0.15) is 16.7 Å². The number of anilines is 2.